The van der Waals surface area contributed by atoms with Crippen LogP contribution in [-0.2, 0) is 27.3 Å². The fourth-order valence-electron chi connectivity index (χ4n) is 3.11. The molecule has 1 amide bonds. The number of hydrogen-bond acceptors (Lipinski definition) is 6. The quantitative estimate of drug-likeness (QED) is 0.142. The second kappa shape index (κ2) is 14.0. The highest BCUT2D eigenvalue weighted by Crippen LogP contribution is 2.25. The normalized spacial score (nSPS) is 13.4. The van der Waals surface area contributed by atoms with Crippen LogP contribution in [0.1, 0.15) is 29.2 Å². The first-order valence-corrected chi connectivity index (χ1v) is 11.7. The number of benzene rings is 2. The maximum Gasteiger partial charge on any atom is 0.333 e. The van der Waals surface area contributed by atoms with Crippen molar-refractivity contribution in [3.05, 3.63) is 75.3 Å². The van der Waals surface area contributed by atoms with Gasteiger partial charge in [-0.25, -0.2) is 13.6 Å². The molecule has 2 rings (SSSR count). The molecule has 0 aromatic heterocycles. The first-order chi connectivity index (χ1) is 17.8. The number of ether oxygens (including phenoxy) is 2. The Bertz CT molecular complexity index is 1190. The molecule has 0 radical (unpaired) electrons. The van der Waals surface area contributed by atoms with Gasteiger partial charge in [0, 0.05) is 24.7 Å². The highest BCUT2D eigenvalue weighted by molar-refractivity contribution is 7.85. The van der Waals surface area contributed by atoms with E-state index in [-0.39, 0.29) is 17.9 Å². The second-order valence-electron chi connectivity index (χ2n) is 8.34. The van der Waals surface area contributed by atoms with Gasteiger partial charge in [0.2, 0.25) is 0 Å². The summed E-state index contributed by atoms with van der Waals surface area (Å²) in [5.74, 6) is -6.24. The van der Waals surface area contributed by atoms with E-state index in [1.807, 2.05) is 31.2 Å². The summed E-state index contributed by atoms with van der Waals surface area (Å²) in [4.78, 5) is 28.4. The minimum absolute atomic E-state index is 0.0447. The Morgan fingerprint density at radius 2 is 1.84 bits per heavy atom. The van der Waals surface area contributed by atoms with Crippen molar-refractivity contribution in [2.24, 2.45) is 4.99 Å². The van der Waals surface area contributed by atoms with Gasteiger partial charge in [-0.2, -0.15) is 8.78 Å². The number of aliphatic carboxylic acids is 1. The molecule has 1 unspecified atom stereocenters. The average Bonchev–Trinajstić information content (AvgIpc) is 2.88. The third-order valence-electron chi connectivity index (χ3n) is 5.32. The molecule has 2 aromatic carbocycles. The molecule has 0 aliphatic carbocycles. The van der Waals surface area contributed by atoms with Crippen molar-refractivity contribution in [2.75, 3.05) is 13.7 Å². The zero-order valence-corrected chi connectivity index (χ0v) is 21.8. The molecule has 38 heavy (non-hydrogen) atoms. The van der Waals surface area contributed by atoms with Crippen molar-refractivity contribution in [1.82, 2.24) is 5.32 Å². The monoisotopic (exact) mass is 556 g/mol. The van der Waals surface area contributed by atoms with Crippen molar-refractivity contribution >= 4 is 30.7 Å². The minimum atomic E-state index is -4.48. The number of carbonyl (C=O) groups is 2. The van der Waals surface area contributed by atoms with Crippen LogP contribution in [0.25, 0.3) is 0 Å². The highest BCUT2D eigenvalue weighted by Gasteiger charge is 2.42. The van der Waals surface area contributed by atoms with Crippen LogP contribution >= 0.6 is 12.6 Å². The Balaban J connectivity index is 2.10. The Kier molecular flexibility index (Phi) is 11.3. The molecule has 1 atom stereocenters. The van der Waals surface area contributed by atoms with E-state index in [0.29, 0.717) is 22.6 Å². The summed E-state index contributed by atoms with van der Waals surface area (Å²) in [7, 11) is 1.39. The summed E-state index contributed by atoms with van der Waals surface area (Å²) in [6.45, 7) is 1.79. The van der Waals surface area contributed by atoms with Crippen molar-refractivity contribution in [2.45, 2.75) is 45.3 Å². The van der Waals surface area contributed by atoms with E-state index in [1.54, 1.807) is 13.1 Å². The maximum atomic E-state index is 13.2. The summed E-state index contributed by atoms with van der Waals surface area (Å²) in [5.41, 5.74) is 3.10. The molecule has 0 bridgehead atoms. The third-order valence-corrected chi connectivity index (χ3v) is 5.85. The molecule has 0 fully saturated rings. The van der Waals surface area contributed by atoms with Crippen LogP contribution in [0.15, 0.2) is 58.1 Å². The number of halogens is 4. The molecule has 0 spiro atoms. The Hall–Kier alpha value is -3.38. The second-order valence-corrected chi connectivity index (χ2v) is 8.78. The number of carboxylic acids is 1. The molecule has 2 aromatic rings. The largest absolute Gasteiger partial charge is 0.496 e. The summed E-state index contributed by atoms with van der Waals surface area (Å²) in [6.07, 6.45) is -4.57. The fraction of sp³-hybridized carbons (Fsp3) is 0.346. The zero-order valence-electron chi connectivity index (χ0n) is 20.9. The molecule has 0 aliphatic heterocycles. The molecule has 7 nitrogen and oxygen atoms in total. The van der Waals surface area contributed by atoms with Gasteiger partial charge in [-0.15, -0.1) is 12.6 Å². The summed E-state index contributed by atoms with van der Waals surface area (Å²) >= 11 is 4.25. The zero-order chi connectivity index (χ0) is 28.5. The Morgan fingerprint density at radius 3 is 2.42 bits per heavy atom. The predicted octanol–water partition coefficient (Wildman–Crippen LogP) is 4.81. The summed E-state index contributed by atoms with van der Waals surface area (Å²) < 4.78 is 61.0. The lowest BCUT2D eigenvalue weighted by atomic mass is 10.0. The Labute approximate surface area is 223 Å². The number of aliphatic imine (C=N–C) groups is 1. The predicted molar refractivity (Wildman–Crippen MR) is 137 cm³/mol. The first-order valence-electron chi connectivity index (χ1n) is 11.3. The first kappa shape index (κ1) is 30.8. The number of rotatable bonds is 13. The number of thiol groups is 1. The van der Waals surface area contributed by atoms with Crippen molar-refractivity contribution in [3.63, 3.8) is 0 Å². The van der Waals surface area contributed by atoms with Crippen LogP contribution in [0, 0.1) is 6.92 Å². The number of hydrogen-bond donors (Lipinski definition) is 3. The average molecular weight is 557 g/mol. The molecule has 12 heteroatoms. The number of alkyl halides is 4. The van der Waals surface area contributed by atoms with E-state index in [0.717, 1.165) is 11.1 Å². The molecule has 0 heterocycles. The molecule has 2 N–H and O–H groups in total. The van der Waals surface area contributed by atoms with E-state index in [2.05, 4.69) is 27.7 Å². The van der Waals surface area contributed by atoms with Gasteiger partial charge in [0.05, 0.1) is 17.7 Å². The van der Waals surface area contributed by atoms with Gasteiger partial charge in [0.25, 0.3) is 5.91 Å². The summed E-state index contributed by atoms with van der Waals surface area (Å²) in [5, 5.41) is 12.0. The maximum absolute atomic E-state index is 13.2. The summed E-state index contributed by atoms with van der Waals surface area (Å²) in [6, 6.07) is 12.1. The van der Waals surface area contributed by atoms with E-state index >= 15 is 0 Å². The molecular weight excluding hydrogens is 528 g/mol. The highest BCUT2D eigenvalue weighted by atomic mass is 32.1. The standard InChI is InChI=1S/C26H28F4N2O5S/c1-15-4-6-17(7-5-15)12-31-16(2)22(38)23(33)32-13-19-10-18(8-9-20(19)36-3)11-21(24(34)35)37-14-26(29,30)25(27)28/h4-10,12,21,25,38H,11,13-14H2,1-3H3,(H,32,33)(H,34,35)/b22-16-,31-12?. The number of allylic oxidation sites excluding steroid dienone is 1. The van der Waals surface area contributed by atoms with Gasteiger partial charge in [-0.1, -0.05) is 42.0 Å². The van der Waals surface area contributed by atoms with E-state index in [1.165, 1.54) is 25.3 Å². The van der Waals surface area contributed by atoms with Crippen LogP contribution in [0.3, 0.4) is 0 Å². The molecule has 0 aliphatic rings. The van der Waals surface area contributed by atoms with E-state index in [9.17, 15) is 32.3 Å². The third kappa shape index (κ3) is 9.18. The lowest BCUT2D eigenvalue weighted by molar-refractivity contribution is -0.185. The molecule has 0 saturated carbocycles. The lowest BCUT2D eigenvalue weighted by Gasteiger charge is -2.20. The number of methoxy groups -OCH3 is 1. The minimum Gasteiger partial charge on any atom is -0.496 e. The van der Waals surface area contributed by atoms with Crippen molar-refractivity contribution in [3.8, 4) is 5.75 Å². The molecule has 0 saturated heterocycles. The lowest BCUT2D eigenvalue weighted by Crippen LogP contribution is -2.37. The van der Waals surface area contributed by atoms with Crippen LogP contribution in [0.5, 0.6) is 5.75 Å². The smallest absolute Gasteiger partial charge is 0.333 e. The number of carbonyl (C=O) groups excluding carboxylic acids is 1. The van der Waals surface area contributed by atoms with E-state index in [4.69, 9.17) is 4.74 Å². The SMILES string of the molecule is COc1ccc(CC(OCC(F)(F)C(F)F)C(=O)O)cc1CNC(=O)/C(S)=C(\C)N=Cc1ccc(C)cc1. The van der Waals surface area contributed by atoms with Crippen LogP contribution < -0.4 is 10.1 Å². The van der Waals surface area contributed by atoms with Gasteiger partial charge >= 0.3 is 18.3 Å². The van der Waals surface area contributed by atoms with Crippen LogP contribution in [0.4, 0.5) is 17.6 Å². The Morgan fingerprint density at radius 1 is 1.18 bits per heavy atom. The van der Waals surface area contributed by atoms with Crippen molar-refractivity contribution < 1.29 is 41.7 Å². The van der Waals surface area contributed by atoms with Crippen molar-refractivity contribution in [1.29, 1.82) is 0 Å². The number of nitrogens with one attached hydrogen (secondary N) is 1. The van der Waals surface area contributed by atoms with Crippen LogP contribution in [0.2, 0.25) is 0 Å². The van der Waals surface area contributed by atoms with Gasteiger partial charge in [0.15, 0.2) is 6.10 Å². The van der Waals surface area contributed by atoms with E-state index < -0.39 is 36.9 Å². The molecular formula is C26H28F4N2O5S. The van der Waals surface area contributed by atoms with Gasteiger partial charge in [-0.05, 0) is 31.0 Å². The van der Waals surface area contributed by atoms with Gasteiger partial charge in [-0.3, -0.25) is 9.79 Å². The fourth-order valence-corrected chi connectivity index (χ4v) is 3.25. The number of aryl methyl sites for hydroxylation is 1. The van der Waals surface area contributed by atoms with Gasteiger partial charge < -0.3 is 19.9 Å². The number of nitrogens with zero attached hydrogens (tertiary/aromatic N) is 1. The number of carboxylic acid groups (broad SMARTS) is 1. The molecule has 206 valence electrons. The number of amides is 1. The van der Waals surface area contributed by atoms with Gasteiger partial charge in [0.1, 0.15) is 12.4 Å². The topological polar surface area (TPSA) is 97.2 Å². The van der Waals surface area contributed by atoms with Crippen LogP contribution in [-0.4, -0.2) is 55.4 Å².